The van der Waals surface area contributed by atoms with Crippen molar-refractivity contribution in [2.24, 2.45) is 0 Å². The van der Waals surface area contributed by atoms with E-state index in [1.165, 1.54) is 0 Å². The van der Waals surface area contributed by atoms with E-state index in [2.05, 4.69) is 5.32 Å². The predicted molar refractivity (Wildman–Crippen MR) is 63.0 cm³/mol. The molecular formula is C12H20N2O2. The Labute approximate surface area is 96.3 Å². The summed E-state index contributed by atoms with van der Waals surface area (Å²) in [7, 11) is 0. The number of hydrogen-bond donors (Lipinski definition) is 2. The molecule has 0 aliphatic heterocycles. The highest BCUT2D eigenvalue weighted by atomic mass is 16.3. The molecule has 1 atom stereocenters. The minimum absolute atomic E-state index is 0.0110. The number of carbonyl (C=O) groups is 1. The molecule has 1 heterocycles. The van der Waals surface area contributed by atoms with Crippen LogP contribution in [-0.2, 0) is 11.3 Å². The van der Waals surface area contributed by atoms with Crippen molar-refractivity contribution in [3.8, 4) is 0 Å². The second-order valence-corrected chi connectivity index (χ2v) is 4.26. The number of aliphatic hydroxyl groups excluding tert-OH is 1. The minimum atomic E-state index is -0.436. The molecule has 1 aromatic heterocycles. The highest BCUT2D eigenvalue weighted by Gasteiger charge is 2.08. The van der Waals surface area contributed by atoms with E-state index in [0.29, 0.717) is 13.0 Å². The summed E-state index contributed by atoms with van der Waals surface area (Å²) in [5.74, 6) is -0.0110. The Bertz CT molecular complexity index is 345. The lowest BCUT2D eigenvalue weighted by molar-refractivity contribution is -0.122. The standard InChI is InChI=1S/C12H20N2O2/c1-4-11(15)10-5-6-14(7-10)8-12(16)13-9(2)3/h5-7,9,11,15H,4,8H2,1-3H3,(H,13,16). The summed E-state index contributed by atoms with van der Waals surface area (Å²) >= 11 is 0. The van der Waals surface area contributed by atoms with E-state index in [9.17, 15) is 9.90 Å². The molecule has 1 rings (SSSR count). The highest BCUT2D eigenvalue weighted by molar-refractivity contribution is 5.75. The van der Waals surface area contributed by atoms with Gasteiger partial charge in [-0.15, -0.1) is 0 Å². The van der Waals surface area contributed by atoms with Gasteiger partial charge in [0.2, 0.25) is 5.91 Å². The van der Waals surface area contributed by atoms with Crippen molar-refractivity contribution >= 4 is 5.91 Å². The van der Waals surface area contributed by atoms with Crippen LogP contribution in [0.25, 0.3) is 0 Å². The van der Waals surface area contributed by atoms with Gasteiger partial charge in [-0.2, -0.15) is 0 Å². The van der Waals surface area contributed by atoms with Gasteiger partial charge in [-0.05, 0) is 31.9 Å². The number of rotatable bonds is 5. The maximum absolute atomic E-state index is 11.5. The Balaban J connectivity index is 2.55. The zero-order valence-electron chi connectivity index (χ0n) is 10.1. The van der Waals surface area contributed by atoms with Gasteiger partial charge in [-0.25, -0.2) is 0 Å². The van der Waals surface area contributed by atoms with E-state index in [4.69, 9.17) is 0 Å². The summed E-state index contributed by atoms with van der Waals surface area (Å²) in [6.45, 7) is 6.09. The molecule has 4 nitrogen and oxygen atoms in total. The van der Waals surface area contributed by atoms with Crippen molar-refractivity contribution in [1.29, 1.82) is 0 Å². The lowest BCUT2D eigenvalue weighted by atomic mass is 10.1. The molecule has 0 fully saturated rings. The van der Waals surface area contributed by atoms with Crippen molar-refractivity contribution in [2.45, 2.75) is 45.9 Å². The summed E-state index contributed by atoms with van der Waals surface area (Å²) in [4.78, 5) is 11.5. The molecular weight excluding hydrogens is 204 g/mol. The smallest absolute Gasteiger partial charge is 0.240 e. The van der Waals surface area contributed by atoms with Crippen molar-refractivity contribution in [2.75, 3.05) is 0 Å². The van der Waals surface area contributed by atoms with Crippen LogP contribution >= 0.6 is 0 Å². The third kappa shape index (κ3) is 3.70. The van der Waals surface area contributed by atoms with E-state index in [-0.39, 0.29) is 11.9 Å². The van der Waals surface area contributed by atoms with Crippen molar-refractivity contribution in [3.05, 3.63) is 24.0 Å². The number of carbonyl (C=O) groups excluding carboxylic acids is 1. The summed E-state index contributed by atoms with van der Waals surface area (Å²) < 4.78 is 1.78. The molecule has 0 aliphatic carbocycles. The first-order chi connectivity index (χ1) is 7.52. The maximum atomic E-state index is 11.5. The molecule has 0 saturated heterocycles. The zero-order valence-corrected chi connectivity index (χ0v) is 10.1. The van der Waals surface area contributed by atoms with Crippen molar-refractivity contribution in [1.82, 2.24) is 9.88 Å². The predicted octanol–water partition coefficient (Wildman–Crippen LogP) is 1.46. The van der Waals surface area contributed by atoms with Crippen molar-refractivity contribution < 1.29 is 9.90 Å². The van der Waals surface area contributed by atoms with Gasteiger partial charge in [0, 0.05) is 18.4 Å². The van der Waals surface area contributed by atoms with Gasteiger partial charge in [-0.3, -0.25) is 4.79 Å². The number of nitrogens with one attached hydrogen (secondary N) is 1. The first-order valence-corrected chi connectivity index (χ1v) is 5.66. The summed E-state index contributed by atoms with van der Waals surface area (Å²) in [5.41, 5.74) is 0.861. The van der Waals surface area contributed by atoms with E-state index >= 15 is 0 Å². The number of amides is 1. The van der Waals surface area contributed by atoms with Gasteiger partial charge in [0.25, 0.3) is 0 Å². The lowest BCUT2D eigenvalue weighted by Crippen LogP contribution is -2.32. The minimum Gasteiger partial charge on any atom is -0.388 e. The molecule has 1 aromatic rings. The van der Waals surface area contributed by atoms with E-state index in [0.717, 1.165) is 5.56 Å². The molecule has 0 aromatic carbocycles. The highest BCUT2D eigenvalue weighted by Crippen LogP contribution is 2.15. The summed E-state index contributed by atoms with van der Waals surface area (Å²) in [6.07, 6.45) is 3.87. The lowest BCUT2D eigenvalue weighted by Gasteiger charge is -2.09. The Morgan fingerprint density at radius 1 is 1.56 bits per heavy atom. The summed E-state index contributed by atoms with van der Waals surface area (Å²) in [6, 6.07) is 2.00. The second-order valence-electron chi connectivity index (χ2n) is 4.26. The van der Waals surface area contributed by atoms with Crippen LogP contribution in [0.4, 0.5) is 0 Å². The van der Waals surface area contributed by atoms with Gasteiger partial charge in [0.1, 0.15) is 6.54 Å². The molecule has 90 valence electrons. The Morgan fingerprint density at radius 2 is 2.25 bits per heavy atom. The average molecular weight is 224 g/mol. The van der Waals surface area contributed by atoms with E-state index in [1.54, 1.807) is 4.57 Å². The van der Waals surface area contributed by atoms with Gasteiger partial charge in [0.15, 0.2) is 0 Å². The van der Waals surface area contributed by atoms with Gasteiger partial charge < -0.3 is 15.0 Å². The first kappa shape index (κ1) is 12.8. The van der Waals surface area contributed by atoms with Crippen LogP contribution in [0.2, 0.25) is 0 Å². The SMILES string of the molecule is CCC(O)c1ccn(CC(=O)NC(C)C)c1. The van der Waals surface area contributed by atoms with E-state index < -0.39 is 6.10 Å². The topological polar surface area (TPSA) is 54.3 Å². The largest absolute Gasteiger partial charge is 0.388 e. The fourth-order valence-electron chi connectivity index (χ4n) is 1.52. The van der Waals surface area contributed by atoms with Gasteiger partial charge in [0.05, 0.1) is 6.10 Å². The molecule has 1 amide bonds. The maximum Gasteiger partial charge on any atom is 0.240 e. The van der Waals surface area contributed by atoms with Crippen LogP contribution in [0.1, 0.15) is 38.9 Å². The molecule has 0 spiro atoms. The second kappa shape index (κ2) is 5.70. The molecule has 1 unspecified atom stereocenters. The van der Waals surface area contributed by atoms with Gasteiger partial charge in [-0.1, -0.05) is 6.92 Å². The van der Waals surface area contributed by atoms with Crippen LogP contribution in [0.3, 0.4) is 0 Å². The Kier molecular flexibility index (Phi) is 4.55. The molecule has 2 N–H and O–H groups in total. The molecule has 16 heavy (non-hydrogen) atoms. The number of hydrogen-bond acceptors (Lipinski definition) is 2. The number of nitrogens with zero attached hydrogens (tertiary/aromatic N) is 1. The van der Waals surface area contributed by atoms with Crippen LogP contribution in [0, 0.1) is 0 Å². The quantitative estimate of drug-likeness (QED) is 0.795. The molecule has 0 bridgehead atoms. The number of aromatic nitrogens is 1. The molecule has 4 heteroatoms. The molecule has 0 radical (unpaired) electrons. The van der Waals surface area contributed by atoms with Gasteiger partial charge >= 0.3 is 0 Å². The third-order valence-electron chi connectivity index (χ3n) is 2.32. The Hall–Kier alpha value is -1.29. The van der Waals surface area contributed by atoms with Crippen LogP contribution in [0.15, 0.2) is 18.5 Å². The molecule has 0 aliphatic rings. The average Bonchev–Trinajstić information content (AvgIpc) is 2.63. The molecule has 0 saturated carbocycles. The third-order valence-corrected chi connectivity index (χ3v) is 2.32. The Morgan fingerprint density at radius 3 is 2.81 bits per heavy atom. The van der Waals surface area contributed by atoms with Crippen LogP contribution < -0.4 is 5.32 Å². The monoisotopic (exact) mass is 224 g/mol. The zero-order chi connectivity index (χ0) is 12.1. The van der Waals surface area contributed by atoms with Crippen LogP contribution in [0.5, 0.6) is 0 Å². The summed E-state index contributed by atoms with van der Waals surface area (Å²) in [5, 5.41) is 12.4. The normalized spacial score (nSPS) is 12.8. The fraction of sp³-hybridized carbons (Fsp3) is 0.583. The van der Waals surface area contributed by atoms with E-state index in [1.807, 2.05) is 39.2 Å². The van der Waals surface area contributed by atoms with Crippen LogP contribution in [-0.4, -0.2) is 21.6 Å². The van der Waals surface area contributed by atoms with Crippen molar-refractivity contribution in [3.63, 3.8) is 0 Å². The fourth-order valence-corrected chi connectivity index (χ4v) is 1.52. The first-order valence-electron chi connectivity index (χ1n) is 5.66. The number of aliphatic hydroxyl groups is 1.